The van der Waals surface area contributed by atoms with Gasteiger partial charge in [0.05, 0.1) is 16.6 Å². The highest BCUT2D eigenvalue weighted by molar-refractivity contribution is 7.90. The van der Waals surface area contributed by atoms with Gasteiger partial charge < -0.3 is 4.90 Å². The number of unbranched alkanes of at least 4 members (excludes halogenated alkanes) is 1. The zero-order chi connectivity index (χ0) is 23.2. The molecule has 5 rings (SSSR count). The van der Waals surface area contributed by atoms with E-state index in [1.54, 1.807) is 22.8 Å². The van der Waals surface area contributed by atoms with Crippen molar-refractivity contribution < 1.29 is 13.2 Å². The van der Waals surface area contributed by atoms with Crippen LogP contribution >= 0.6 is 0 Å². The third-order valence-corrected chi connectivity index (χ3v) is 8.76. The zero-order valence-corrected chi connectivity index (χ0v) is 19.5. The summed E-state index contributed by atoms with van der Waals surface area (Å²) in [4.78, 5) is 27.8. The number of sulfonamides is 1. The summed E-state index contributed by atoms with van der Waals surface area (Å²) >= 11 is 0. The van der Waals surface area contributed by atoms with Gasteiger partial charge >= 0.3 is 5.69 Å². The Morgan fingerprint density at radius 3 is 2.24 bits per heavy atom. The summed E-state index contributed by atoms with van der Waals surface area (Å²) in [6.07, 6.45) is 3.25. The monoisotopic (exact) mass is 468 g/mol. The second-order valence-electron chi connectivity index (χ2n) is 8.86. The third-order valence-electron chi connectivity index (χ3n) is 6.92. The number of aryl methyl sites for hydroxylation is 1. The molecule has 33 heavy (non-hydrogen) atoms. The lowest BCUT2D eigenvalue weighted by Crippen LogP contribution is -2.38. The molecule has 0 atom stereocenters. The van der Waals surface area contributed by atoms with E-state index in [2.05, 4.69) is 4.90 Å². The molecule has 0 spiro atoms. The molecule has 174 valence electrons. The van der Waals surface area contributed by atoms with Crippen molar-refractivity contribution in [3.63, 3.8) is 0 Å². The minimum absolute atomic E-state index is 0.0344. The van der Waals surface area contributed by atoms with Crippen LogP contribution in [0.25, 0.3) is 11.0 Å². The summed E-state index contributed by atoms with van der Waals surface area (Å²) in [5.74, 6) is -0.424. The molecule has 3 aromatic rings. The molecule has 2 aliphatic rings. The maximum Gasteiger partial charge on any atom is 0.329 e. The molecule has 9 heteroatoms. The van der Waals surface area contributed by atoms with Crippen molar-refractivity contribution in [2.45, 2.75) is 36.6 Å². The predicted octanol–water partition coefficient (Wildman–Crippen LogP) is 2.60. The number of hydrogen-bond acceptors (Lipinski definition) is 5. The number of hydrogen-bond donors (Lipinski definition) is 0. The van der Waals surface area contributed by atoms with Crippen LogP contribution in [0.3, 0.4) is 0 Å². The van der Waals surface area contributed by atoms with Crippen LogP contribution in [0.4, 0.5) is 0 Å². The highest BCUT2D eigenvalue weighted by Crippen LogP contribution is 2.30. The molecule has 0 bridgehead atoms. The van der Waals surface area contributed by atoms with Gasteiger partial charge in [-0.1, -0.05) is 24.3 Å². The molecule has 2 aliphatic heterocycles. The first-order valence-corrected chi connectivity index (χ1v) is 12.9. The second-order valence-corrected chi connectivity index (χ2v) is 10.7. The van der Waals surface area contributed by atoms with E-state index >= 15 is 0 Å². The molecular weight excluding hydrogens is 440 g/mol. The quantitative estimate of drug-likeness (QED) is 0.519. The SMILES string of the molecule is Cn1c(=O)n(C2CCN(CCCCN3C(=O)c4ccccc4S3(=O)=O)CC2)c2ccccc21. The fraction of sp³-hybridized carbons (Fsp3) is 0.417. The minimum atomic E-state index is -3.72. The number of imidazole rings is 1. The minimum Gasteiger partial charge on any atom is -0.303 e. The fourth-order valence-corrected chi connectivity index (χ4v) is 6.72. The van der Waals surface area contributed by atoms with E-state index in [0.717, 1.165) is 54.2 Å². The number of piperidine rings is 1. The average molecular weight is 469 g/mol. The van der Waals surface area contributed by atoms with E-state index in [4.69, 9.17) is 0 Å². The standard InChI is InChI=1S/C24H28N4O4S/c1-25-20-9-3-4-10-21(20)28(24(25)30)18-12-16-26(17-13-18)14-6-7-15-27-23(29)19-8-2-5-11-22(19)33(27,31)32/h2-5,8-11,18H,6-7,12-17H2,1H3. The lowest BCUT2D eigenvalue weighted by Gasteiger charge is -2.32. The molecule has 0 N–H and O–H groups in total. The van der Waals surface area contributed by atoms with Gasteiger partial charge in [0.15, 0.2) is 0 Å². The van der Waals surface area contributed by atoms with Gasteiger partial charge in [0.1, 0.15) is 4.90 Å². The number of carbonyl (C=O) groups excluding carboxylic acids is 1. The van der Waals surface area contributed by atoms with Gasteiger partial charge in [-0.3, -0.25) is 13.9 Å². The van der Waals surface area contributed by atoms with Gasteiger partial charge in [-0.25, -0.2) is 17.5 Å². The van der Waals surface area contributed by atoms with Crippen LogP contribution in [0.15, 0.2) is 58.2 Å². The molecular formula is C24H28N4O4S. The second kappa shape index (κ2) is 8.46. The van der Waals surface area contributed by atoms with Crippen LogP contribution in [0.2, 0.25) is 0 Å². The Labute approximate surface area is 193 Å². The van der Waals surface area contributed by atoms with Gasteiger partial charge in [0, 0.05) is 32.7 Å². The molecule has 0 radical (unpaired) electrons. The average Bonchev–Trinajstić information content (AvgIpc) is 3.19. The number of rotatable bonds is 6. The molecule has 2 aromatic carbocycles. The molecule has 0 aliphatic carbocycles. The summed E-state index contributed by atoms with van der Waals surface area (Å²) in [6, 6.07) is 14.5. The largest absolute Gasteiger partial charge is 0.329 e. The number of fused-ring (bicyclic) bond motifs is 2. The molecule has 8 nitrogen and oxygen atoms in total. The topological polar surface area (TPSA) is 84.6 Å². The summed E-state index contributed by atoms with van der Waals surface area (Å²) < 4.78 is 30.0. The predicted molar refractivity (Wildman–Crippen MR) is 126 cm³/mol. The first-order valence-electron chi connectivity index (χ1n) is 11.4. The van der Waals surface area contributed by atoms with Crippen molar-refractivity contribution >= 4 is 27.0 Å². The Morgan fingerprint density at radius 2 is 1.52 bits per heavy atom. The molecule has 3 heterocycles. The smallest absolute Gasteiger partial charge is 0.303 e. The summed E-state index contributed by atoms with van der Waals surface area (Å²) in [5, 5.41) is 0. The molecule has 1 fully saturated rings. The highest BCUT2D eigenvalue weighted by atomic mass is 32.2. The van der Waals surface area contributed by atoms with Crippen molar-refractivity contribution in [3.05, 3.63) is 64.6 Å². The van der Waals surface area contributed by atoms with E-state index in [1.807, 2.05) is 35.9 Å². The number of amides is 1. The Morgan fingerprint density at radius 1 is 0.879 bits per heavy atom. The van der Waals surface area contributed by atoms with E-state index in [9.17, 15) is 18.0 Å². The van der Waals surface area contributed by atoms with Crippen molar-refractivity contribution in [1.82, 2.24) is 18.3 Å². The number of aromatic nitrogens is 2. The van der Waals surface area contributed by atoms with Crippen LogP contribution in [0.1, 0.15) is 42.1 Å². The number of carbonyl (C=O) groups is 1. The van der Waals surface area contributed by atoms with E-state index < -0.39 is 15.9 Å². The molecule has 1 amide bonds. The van der Waals surface area contributed by atoms with Crippen molar-refractivity contribution in [2.75, 3.05) is 26.2 Å². The number of benzene rings is 2. The van der Waals surface area contributed by atoms with Crippen LogP contribution in [-0.2, 0) is 17.1 Å². The van der Waals surface area contributed by atoms with Gasteiger partial charge in [0.2, 0.25) is 0 Å². The van der Waals surface area contributed by atoms with Crippen LogP contribution in [-0.4, -0.2) is 58.8 Å². The van der Waals surface area contributed by atoms with E-state index in [1.165, 1.54) is 6.07 Å². The van der Waals surface area contributed by atoms with Crippen LogP contribution < -0.4 is 5.69 Å². The number of likely N-dealkylation sites (tertiary alicyclic amines) is 1. The number of nitrogens with zero attached hydrogens (tertiary/aromatic N) is 4. The van der Waals surface area contributed by atoms with Gasteiger partial charge in [-0.05, 0) is 56.5 Å². The van der Waals surface area contributed by atoms with E-state index in [-0.39, 0.29) is 28.7 Å². The normalized spacial score (nSPS) is 18.8. The fourth-order valence-electron chi connectivity index (χ4n) is 5.12. The molecule has 1 saturated heterocycles. The van der Waals surface area contributed by atoms with Crippen molar-refractivity contribution in [3.8, 4) is 0 Å². The highest BCUT2D eigenvalue weighted by Gasteiger charge is 2.40. The molecule has 0 unspecified atom stereocenters. The van der Waals surface area contributed by atoms with Gasteiger partial charge in [0.25, 0.3) is 15.9 Å². The Bertz CT molecular complexity index is 1370. The Hall–Kier alpha value is -2.91. The number of para-hydroxylation sites is 2. The van der Waals surface area contributed by atoms with Gasteiger partial charge in [-0.15, -0.1) is 0 Å². The van der Waals surface area contributed by atoms with Crippen molar-refractivity contribution in [1.29, 1.82) is 0 Å². The van der Waals surface area contributed by atoms with Crippen LogP contribution in [0, 0.1) is 0 Å². The lowest BCUT2D eigenvalue weighted by atomic mass is 10.0. The summed E-state index contributed by atoms with van der Waals surface area (Å²) in [7, 11) is -1.90. The third kappa shape index (κ3) is 3.69. The summed E-state index contributed by atoms with van der Waals surface area (Å²) in [6.45, 7) is 2.85. The van der Waals surface area contributed by atoms with Gasteiger partial charge in [-0.2, -0.15) is 0 Å². The zero-order valence-electron chi connectivity index (χ0n) is 18.7. The van der Waals surface area contributed by atoms with E-state index in [0.29, 0.717) is 6.42 Å². The Kier molecular flexibility index (Phi) is 5.62. The summed E-state index contributed by atoms with van der Waals surface area (Å²) in [5.41, 5.74) is 2.25. The molecule has 1 aromatic heterocycles. The molecule has 0 saturated carbocycles. The Balaban J connectivity index is 1.14. The maximum atomic E-state index is 12.8. The van der Waals surface area contributed by atoms with Crippen LogP contribution in [0.5, 0.6) is 0 Å². The first kappa shape index (κ1) is 21.9. The lowest BCUT2D eigenvalue weighted by molar-refractivity contribution is 0.0868. The van der Waals surface area contributed by atoms with Crippen molar-refractivity contribution in [2.24, 2.45) is 7.05 Å². The maximum absolute atomic E-state index is 12.8. The first-order chi connectivity index (χ1) is 15.9.